The van der Waals surface area contributed by atoms with E-state index in [4.69, 9.17) is 0 Å². The van der Waals surface area contributed by atoms with Gasteiger partial charge in [0.25, 0.3) is 5.91 Å². The number of aryl methyl sites for hydroxylation is 1. The molecule has 0 unspecified atom stereocenters. The first kappa shape index (κ1) is 18.9. The lowest BCUT2D eigenvalue weighted by molar-refractivity contribution is 0.102. The van der Waals surface area contributed by atoms with Crippen LogP contribution >= 0.6 is 0 Å². The van der Waals surface area contributed by atoms with Crippen LogP contribution in [0.15, 0.2) is 42.7 Å². The van der Waals surface area contributed by atoms with Gasteiger partial charge >= 0.3 is 6.03 Å². The summed E-state index contributed by atoms with van der Waals surface area (Å²) in [5, 5.41) is 2.82. The van der Waals surface area contributed by atoms with Gasteiger partial charge in [0.15, 0.2) is 5.69 Å². The van der Waals surface area contributed by atoms with Crippen molar-refractivity contribution >= 4 is 23.3 Å². The Morgan fingerprint density at radius 1 is 1.21 bits per heavy atom. The molecule has 3 aromatic rings. The lowest BCUT2D eigenvalue weighted by Crippen LogP contribution is -2.39. The van der Waals surface area contributed by atoms with Crippen molar-refractivity contribution in [1.29, 1.82) is 0 Å². The second kappa shape index (κ2) is 7.54. The number of likely N-dealkylation sites (tertiary alicyclic amines) is 1. The van der Waals surface area contributed by atoms with Crippen molar-refractivity contribution < 1.29 is 9.59 Å². The van der Waals surface area contributed by atoms with Crippen LogP contribution in [0.5, 0.6) is 0 Å². The van der Waals surface area contributed by atoms with Gasteiger partial charge in [-0.3, -0.25) is 4.79 Å². The zero-order valence-electron chi connectivity index (χ0n) is 16.8. The standard InChI is InChI=1S/C21H24N6O2/c1-14-9-10-17(22-13-14)23-20(28)18-15-7-4-5-11-26(15)19(24-18)16-8-6-12-27(16)21(29)25(2)3/h4-5,7,9-11,13,16H,6,8,12H2,1-3H3,(H,22,23,28)/t16-/m1/s1. The summed E-state index contributed by atoms with van der Waals surface area (Å²) in [4.78, 5) is 37.9. The minimum absolute atomic E-state index is 0.0463. The molecule has 0 aliphatic carbocycles. The van der Waals surface area contributed by atoms with Crippen molar-refractivity contribution in [2.24, 2.45) is 0 Å². The molecule has 8 heteroatoms. The van der Waals surface area contributed by atoms with Crippen LogP contribution in [0.2, 0.25) is 0 Å². The van der Waals surface area contributed by atoms with E-state index in [-0.39, 0.29) is 18.0 Å². The molecule has 29 heavy (non-hydrogen) atoms. The summed E-state index contributed by atoms with van der Waals surface area (Å²) in [6.45, 7) is 2.62. The van der Waals surface area contributed by atoms with Crippen molar-refractivity contribution in [2.45, 2.75) is 25.8 Å². The minimum atomic E-state index is -0.320. The smallest absolute Gasteiger partial charge is 0.320 e. The van der Waals surface area contributed by atoms with Gasteiger partial charge in [-0.2, -0.15) is 0 Å². The van der Waals surface area contributed by atoms with Crippen LogP contribution in [0, 0.1) is 6.92 Å². The van der Waals surface area contributed by atoms with Crippen molar-refractivity contribution in [3.05, 3.63) is 59.8 Å². The molecular weight excluding hydrogens is 368 g/mol. The summed E-state index contributed by atoms with van der Waals surface area (Å²) in [6, 6.07) is 9.08. The molecule has 1 fully saturated rings. The number of hydrogen-bond donors (Lipinski definition) is 1. The van der Waals surface area contributed by atoms with E-state index in [1.165, 1.54) is 0 Å². The van der Waals surface area contributed by atoms with E-state index in [1.807, 2.05) is 46.7 Å². The molecule has 1 N–H and O–H groups in total. The van der Waals surface area contributed by atoms with Gasteiger partial charge in [-0.05, 0) is 43.5 Å². The Balaban J connectivity index is 1.71. The number of carbonyl (C=O) groups is 2. The van der Waals surface area contributed by atoms with Crippen LogP contribution in [0.3, 0.4) is 0 Å². The molecule has 0 aromatic carbocycles. The fraction of sp³-hybridized carbons (Fsp3) is 0.333. The Kier molecular flexibility index (Phi) is 4.92. The first-order valence-corrected chi connectivity index (χ1v) is 9.64. The first-order chi connectivity index (χ1) is 14.0. The van der Waals surface area contributed by atoms with Crippen LogP contribution in [0.1, 0.15) is 40.8 Å². The highest BCUT2D eigenvalue weighted by Crippen LogP contribution is 2.33. The summed E-state index contributed by atoms with van der Waals surface area (Å²) >= 11 is 0. The molecule has 1 atom stereocenters. The number of amides is 3. The van der Waals surface area contributed by atoms with Crippen LogP contribution in [-0.2, 0) is 0 Å². The summed E-state index contributed by atoms with van der Waals surface area (Å²) in [6.07, 6.45) is 5.31. The molecule has 0 spiro atoms. The number of nitrogens with one attached hydrogen (secondary N) is 1. The lowest BCUT2D eigenvalue weighted by Gasteiger charge is -2.27. The minimum Gasteiger partial charge on any atom is -0.331 e. The zero-order chi connectivity index (χ0) is 20.5. The summed E-state index contributed by atoms with van der Waals surface area (Å²) in [7, 11) is 3.49. The van der Waals surface area contributed by atoms with Gasteiger partial charge in [0.05, 0.1) is 11.6 Å². The van der Waals surface area contributed by atoms with Gasteiger partial charge in [-0.1, -0.05) is 12.1 Å². The van der Waals surface area contributed by atoms with Crippen molar-refractivity contribution in [3.8, 4) is 0 Å². The molecule has 0 bridgehead atoms. The number of imidazole rings is 1. The second-order valence-corrected chi connectivity index (χ2v) is 7.48. The maximum absolute atomic E-state index is 12.9. The third-order valence-corrected chi connectivity index (χ3v) is 5.12. The van der Waals surface area contributed by atoms with Gasteiger partial charge in [0, 0.05) is 33.0 Å². The molecule has 8 nitrogen and oxygen atoms in total. The van der Waals surface area contributed by atoms with Crippen LogP contribution in [0.25, 0.3) is 5.52 Å². The fourth-order valence-electron chi connectivity index (χ4n) is 3.70. The van der Waals surface area contributed by atoms with Crippen molar-refractivity contribution in [1.82, 2.24) is 24.2 Å². The van der Waals surface area contributed by atoms with Crippen LogP contribution in [-0.4, -0.2) is 56.7 Å². The normalized spacial score (nSPS) is 16.2. The number of hydrogen-bond acceptors (Lipinski definition) is 4. The molecule has 0 saturated carbocycles. The molecule has 3 amide bonds. The molecule has 1 aliphatic heterocycles. The van der Waals surface area contributed by atoms with Gasteiger partial charge in [-0.25, -0.2) is 14.8 Å². The van der Waals surface area contributed by atoms with E-state index in [1.54, 1.807) is 31.3 Å². The monoisotopic (exact) mass is 392 g/mol. The lowest BCUT2D eigenvalue weighted by atomic mass is 10.2. The molecule has 1 saturated heterocycles. The Morgan fingerprint density at radius 3 is 2.76 bits per heavy atom. The second-order valence-electron chi connectivity index (χ2n) is 7.48. The highest BCUT2D eigenvalue weighted by Gasteiger charge is 2.35. The summed E-state index contributed by atoms with van der Waals surface area (Å²) < 4.78 is 1.91. The third kappa shape index (κ3) is 3.53. The maximum atomic E-state index is 12.9. The van der Waals surface area contributed by atoms with E-state index in [2.05, 4.69) is 15.3 Å². The number of carbonyl (C=O) groups excluding carboxylic acids is 2. The highest BCUT2D eigenvalue weighted by atomic mass is 16.2. The Morgan fingerprint density at radius 2 is 2.03 bits per heavy atom. The zero-order valence-corrected chi connectivity index (χ0v) is 16.8. The quantitative estimate of drug-likeness (QED) is 0.742. The average Bonchev–Trinajstić information content (AvgIpc) is 3.33. The number of pyridine rings is 2. The number of rotatable bonds is 3. The molecule has 1 aliphatic rings. The topological polar surface area (TPSA) is 82.8 Å². The van der Waals surface area contributed by atoms with Crippen LogP contribution in [0.4, 0.5) is 10.6 Å². The Bertz CT molecular complexity index is 1060. The largest absolute Gasteiger partial charge is 0.331 e. The average molecular weight is 392 g/mol. The van der Waals surface area contributed by atoms with Gasteiger partial charge in [0.2, 0.25) is 0 Å². The van der Waals surface area contributed by atoms with E-state index in [0.29, 0.717) is 29.4 Å². The number of aromatic nitrogens is 3. The molecule has 150 valence electrons. The predicted molar refractivity (Wildman–Crippen MR) is 110 cm³/mol. The van der Waals surface area contributed by atoms with Crippen molar-refractivity contribution in [3.63, 3.8) is 0 Å². The highest BCUT2D eigenvalue weighted by molar-refractivity contribution is 6.07. The Hall–Kier alpha value is -3.42. The van der Waals surface area contributed by atoms with E-state index >= 15 is 0 Å². The fourth-order valence-corrected chi connectivity index (χ4v) is 3.70. The van der Waals surface area contributed by atoms with E-state index in [9.17, 15) is 9.59 Å². The number of anilines is 1. The SMILES string of the molecule is Cc1ccc(NC(=O)c2nc([C@H]3CCCN3C(=O)N(C)C)n3ccccc23)nc1. The van der Waals surface area contributed by atoms with Gasteiger partial charge in [-0.15, -0.1) is 0 Å². The molecule has 3 aromatic heterocycles. The summed E-state index contributed by atoms with van der Waals surface area (Å²) in [5.41, 5.74) is 2.05. The van der Waals surface area contributed by atoms with E-state index in [0.717, 1.165) is 18.4 Å². The van der Waals surface area contributed by atoms with Gasteiger partial charge < -0.3 is 19.5 Å². The molecule has 0 radical (unpaired) electrons. The Labute approximate surface area is 169 Å². The molecule has 4 heterocycles. The predicted octanol–water partition coefficient (Wildman–Crippen LogP) is 3.11. The summed E-state index contributed by atoms with van der Waals surface area (Å²) in [5.74, 6) is 0.861. The van der Waals surface area contributed by atoms with Gasteiger partial charge in [0.1, 0.15) is 11.6 Å². The third-order valence-electron chi connectivity index (χ3n) is 5.12. The maximum Gasteiger partial charge on any atom is 0.320 e. The number of urea groups is 1. The first-order valence-electron chi connectivity index (χ1n) is 9.64. The number of fused-ring (bicyclic) bond motifs is 1. The van der Waals surface area contributed by atoms with Crippen LogP contribution < -0.4 is 5.32 Å². The molecule has 4 rings (SSSR count). The van der Waals surface area contributed by atoms with E-state index < -0.39 is 0 Å². The van der Waals surface area contributed by atoms with Crippen molar-refractivity contribution in [2.75, 3.05) is 26.0 Å². The molecular formula is C21H24N6O2. The number of nitrogens with zero attached hydrogens (tertiary/aromatic N) is 5.